The minimum atomic E-state index is -0.856. The largest absolute Gasteiger partial charge is 0.489 e. The molecule has 86 valence electrons. The van der Waals surface area contributed by atoms with Crippen LogP contribution in [0.15, 0.2) is 18.2 Å². The molecule has 1 heterocycles. The maximum Gasteiger partial charge on any atom is 0.306 e. The summed E-state index contributed by atoms with van der Waals surface area (Å²) in [4.78, 5) is 10.4. The van der Waals surface area contributed by atoms with E-state index >= 15 is 0 Å². The molecular weight excluding hydrogens is 208 g/mol. The first-order chi connectivity index (χ1) is 7.77. The van der Waals surface area contributed by atoms with E-state index < -0.39 is 5.97 Å². The molecule has 1 aliphatic rings. The Labute approximate surface area is 93.8 Å². The van der Waals surface area contributed by atoms with Crippen molar-refractivity contribution >= 4 is 5.97 Å². The lowest BCUT2D eigenvalue weighted by atomic mass is 10.1. The van der Waals surface area contributed by atoms with Crippen LogP contribution in [0.2, 0.25) is 0 Å². The Hall–Kier alpha value is -1.71. The van der Waals surface area contributed by atoms with Gasteiger partial charge in [0.05, 0.1) is 19.6 Å². The summed E-state index contributed by atoms with van der Waals surface area (Å²) in [5, 5.41) is 8.52. The van der Waals surface area contributed by atoms with E-state index in [4.69, 9.17) is 14.6 Å². The molecule has 0 amide bonds. The van der Waals surface area contributed by atoms with Gasteiger partial charge in [0, 0.05) is 0 Å². The fraction of sp³-hybridized carbons (Fsp3) is 0.417. The Morgan fingerprint density at radius 2 is 2.38 bits per heavy atom. The molecule has 0 spiro atoms. The van der Waals surface area contributed by atoms with Crippen molar-refractivity contribution in [1.29, 1.82) is 0 Å². The number of hydrogen-bond acceptors (Lipinski definition) is 3. The summed E-state index contributed by atoms with van der Waals surface area (Å²) in [5.41, 5.74) is 1.14. The van der Waals surface area contributed by atoms with Crippen LogP contribution < -0.4 is 9.47 Å². The highest BCUT2D eigenvalue weighted by Crippen LogP contribution is 2.34. The summed E-state index contributed by atoms with van der Waals surface area (Å²) in [6.45, 7) is 0.876. The molecule has 4 nitrogen and oxygen atoms in total. The Morgan fingerprint density at radius 3 is 3.19 bits per heavy atom. The molecule has 1 N–H and O–H groups in total. The van der Waals surface area contributed by atoms with Crippen molar-refractivity contribution in [3.63, 3.8) is 0 Å². The van der Waals surface area contributed by atoms with Crippen LogP contribution in [-0.2, 0) is 11.2 Å². The summed E-state index contributed by atoms with van der Waals surface area (Å²) < 4.78 is 10.9. The zero-order valence-corrected chi connectivity index (χ0v) is 8.94. The van der Waals surface area contributed by atoms with Gasteiger partial charge in [-0.05, 0) is 24.5 Å². The fourth-order valence-electron chi connectivity index (χ4n) is 1.72. The zero-order chi connectivity index (χ0) is 11.4. The van der Waals surface area contributed by atoms with Crippen molar-refractivity contribution < 1.29 is 19.4 Å². The van der Waals surface area contributed by atoms with Gasteiger partial charge in [-0.3, -0.25) is 4.79 Å². The van der Waals surface area contributed by atoms with Gasteiger partial charge in [0.15, 0.2) is 11.5 Å². The highest BCUT2D eigenvalue weighted by molar-refractivity contribution is 5.66. The van der Waals surface area contributed by atoms with Crippen molar-refractivity contribution in [1.82, 2.24) is 0 Å². The van der Waals surface area contributed by atoms with Crippen LogP contribution in [0.1, 0.15) is 18.4 Å². The van der Waals surface area contributed by atoms with Gasteiger partial charge in [-0.2, -0.15) is 0 Å². The molecule has 16 heavy (non-hydrogen) atoms. The number of carbonyl (C=O) groups is 1. The topological polar surface area (TPSA) is 55.8 Å². The molecule has 1 aliphatic heterocycles. The van der Waals surface area contributed by atoms with Gasteiger partial charge in [-0.1, -0.05) is 12.1 Å². The SMILES string of the molecule is O=C(O)CCOc1cccc2c1OCCC2. The third-order valence-electron chi connectivity index (χ3n) is 2.47. The third kappa shape index (κ3) is 2.45. The van der Waals surface area contributed by atoms with Crippen molar-refractivity contribution in [2.75, 3.05) is 13.2 Å². The molecule has 0 unspecified atom stereocenters. The van der Waals surface area contributed by atoms with Crippen molar-refractivity contribution in [2.24, 2.45) is 0 Å². The summed E-state index contributed by atoms with van der Waals surface area (Å²) in [5.74, 6) is 0.573. The first-order valence-electron chi connectivity index (χ1n) is 5.36. The summed E-state index contributed by atoms with van der Waals surface area (Å²) in [7, 11) is 0. The maximum absolute atomic E-state index is 10.4. The smallest absolute Gasteiger partial charge is 0.306 e. The number of aryl methyl sites for hydroxylation is 1. The van der Waals surface area contributed by atoms with Gasteiger partial charge in [-0.25, -0.2) is 0 Å². The van der Waals surface area contributed by atoms with E-state index in [0.717, 1.165) is 24.2 Å². The van der Waals surface area contributed by atoms with E-state index in [9.17, 15) is 4.79 Å². The van der Waals surface area contributed by atoms with E-state index in [0.29, 0.717) is 12.4 Å². The van der Waals surface area contributed by atoms with Gasteiger partial charge < -0.3 is 14.6 Å². The zero-order valence-electron chi connectivity index (χ0n) is 8.94. The Morgan fingerprint density at radius 1 is 1.50 bits per heavy atom. The van der Waals surface area contributed by atoms with Crippen molar-refractivity contribution in [3.05, 3.63) is 23.8 Å². The first kappa shape index (κ1) is 10.8. The molecule has 0 radical (unpaired) electrons. The predicted octanol–water partition coefficient (Wildman–Crippen LogP) is 1.87. The minimum Gasteiger partial charge on any atom is -0.489 e. The number of ether oxygens (including phenoxy) is 2. The quantitative estimate of drug-likeness (QED) is 0.844. The molecule has 0 aromatic heterocycles. The Kier molecular flexibility index (Phi) is 3.29. The molecular formula is C12H14O4. The lowest BCUT2D eigenvalue weighted by Gasteiger charge is -2.20. The molecule has 0 saturated carbocycles. The Balaban J connectivity index is 2.05. The van der Waals surface area contributed by atoms with Crippen LogP contribution in [-0.4, -0.2) is 24.3 Å². The molecule has 4 heteroatoms. The number of rotatable bonds is 4. The number of benzene rings is 1. The van der Waals surface area contributed by atoms with Crippen LogP contribution in [0.25, 0.3) is 0 Å². The van der Waals surface area contributed by atoms with Crippen molar-refractivity contribution in [2.45, 2.75) is 19.3 Å². The fourth-order valence-corrected chi connectivity index (χ4v) is 1.72. The van der Waals surface area contributed by atoms with E-state index in [-0.39, 0.29) is 13.0 Å². The first-order valence-corrected chi connectivity index (χ1v) is 5.36. The molecule has 2 rings (SSSR count). The van der Waals surface area contributed by atoms with Gasteiger partial charge in [0.25, 0.3) is 0 Å². The molecule has 0 saturated heterocycles. The lowest BCUT2D eigenvalue weighted by Crippen LogP contribution is -2.11. The van der Waals surface area contributed by atoms with Crippen LogP contribution in [0, 0.1) is 0 Å². The second-order valence-electron chi connectivity index (χ2n) is 3.69. The number of fused-ring (bicyclic) bond motifs is 1. The molecule has 0 bridgehead atoms. The van der Waals surface area contributed by atoms with Crippen LogP contribution >= 0.6 is 0 Å². The summed E-state index contributed by atoms with van der Waals surface area (Å²) >= 11 is 0. The van der Waals surface area contributed by atoms with Crippen LogP contribution in [0.5, 0.6) is 11.5 Å². The average Bonchev–Trinajstić information content (AvgIpc) is 2.29. The number of carboxylic acids is 1. The van der Waals surface area contributed by atoms with Gasteiger partial charge >= 0.3 is 5.97 Å². The van der Waals surface area contributed by atoms with E-state index in [1.54, 1.807) is 0 Å². The molecule has 1 aromatic carbocycles. The van der Waals surface area contributed by atoms with Gasteiger partial charge in [0.2, 0.25) is 0 Å². The van der Waals surface area contributed by atoms with Crippen molar-refractivity contribution in [3.8, 4) is 11.5 Å². The second-order valence-corrected chi connectivity index (χ2v) is 3.69. The third-order valence-corrected chi connectivity index (χ3v) is 2.47. The highest BCUT2D eigenvalue weighted by atomic mass is 16.5. The minimum absolute atomic E-state index is 0.00364. The van der Waals surface area contributed by atoms with Crippen LogP contribution in [0.4, 0.5) is 0 Å². The number of para-hydroxylation sites is 1. The predicted molar refractivity (Wildman–Crippen MR) is 58.0 cm³/mol. The highest BCUT2D eigenvalue weighted by Gasteiger charge is 2.15. The molecule has 1 aromatic rings. The summed E-state index contributed by atoms with van der Waals surface area (Å²) in [6, 6.07) is 5.73. The van der Waals surface area contributed by atoms with Gasteiger partial charge in [-0.15, -0.1) is 0 Å². The molecule has 0 aliphatic carbocycles. The standard InChI is InChI=1S/C12H14O4/c13-11(14)6-8-15-10-5-1-3-9-4-2-7-16-12(9)10/h1,3,5H,2,4,6-8H2,(H,13,14). The average molecular weight is 222 g/mol. The molecule has 0 fully saturated rings. The van der Waals surface area contributed by atoms with E-state index in [1.165, 1.54) is 0 Å². The Bertz CT molecular complexity index is 387. The van der Waals surface area contributed by atoms with Gasteiger partial charge in [0.1, 0.15) is 0 Å². The van der Waals surface area contributed by atoms with E-state index in [2.05, 4.69) is 0 Å². The number of carboxylic acid groups (broad SMARTS) is 1. The monoisotopic (exact) mass is 222 g/mol. The maximum atomic E-state index is 10.4. The molecule has 0 atom stereocenters. The normalized spacial score (nSPS) is 13.8. The van der Waals surface area contributed by atoms with Crippen LogP contribution in [0.3, 0.4) is 0 Å². The summed E-state index contributed by atoms with van der Waals surface area (Å²) in [6.07, 6.45) is 2.01. The van der Waals surface area contributed by atoms with E-state index in [1.807, 2.05) is 18.2 Å². The second kappa shape index (κ2) is 4.88. The lowest BCUT2D eigenvalue weighted by molar-refractivity contribution is -0.137. The number of hydrogen-bond donors (Lipinski definition) is 1. The number of aliphatic carboxylic acids is 1.